The monoisotopic (exact) mass is 340 g/mol. The highest BCUT2D eigenvalue weighted by Gasteiger charge is 1.97. The summed E-state index contributed by atoms with van der Waals surface area (Å²) < 4.78 is 5.66. The summed E-state index contributed by atoms with van der Waals surface area (Å²) in [7, 11) is 0. The molecule has 0 saturated carbocycles. The Morgan fingerprint density at radius 1 is 0.800 bits per heavy atom. The number of rotatable bonds is 11. The molecule has 0 aliphatic rings. The summed E-state index contributed by atoms with van der Waals surface area (Å²) in [6.07, 6.45) is 6.33. The van der Waals surface area contributed by atoms with Gasteiger partial charge in [-0.15, -0.1) is 0 Å². The highest BCUT2D eigenvalue weighted by molar-refractivity contribution is 5.43. The Labute approximate surface area is 150 Å². The van der Waals surface area contributed by atoms with E-state index in [1.54, 1.807) is 0 Å². The van der Waals surface area contributed by atoms with Crippen LogP contribution in [0.25, 0.3) is 0 Å². The van der Waals surface area contributed by atoms with Gasteiger partial charge in [-0.05, 0) is 74.1 Å². The summed E-state index contributed by atoms with van der Waals surface area (Å²) in [4.78, 5) is 0. The lowest BCUT2D eigenvalue weighted by molar-refractivity contribution is 0.266. The van der Waals surface area contributed by atoms with Crippen molar-refractivity contribution in [3.05, 3.63) is 54.1 Å². The molecule has 0 aliphatic heterocycles. The largest absolute Gasteiger partial charge is 0.494 e. The Bertz CT molecular complexity index is 621. The van der Waals surface area contributed by atoms with E-state index in [1.807, 2.05) is 36.4 Å². The number of hydrogen-bond acceptors (Lipinski definition) is 4. The number of benzene rings is 2. The topological polar surface area (TPSA) is 54.2 Å². The predicted molar refractivity (Wildman–Crippen MR) is 102 cm³/mol. The Kier molecular flexibility index (Phi) is 8.70. The summed E-state index contributed by atoms with van der Waals surface area (Å²) in [5.74, 6) is 0.836. The van der Waals surface area contributed by atoms with Crippen molar-refractivity contribution in [1.29, 1.82) is 0 Å². The Hall–Kier alpha value is -2.20. The fourth-order valence-corrected chi connectivity index (χ4v) is 2.42. The van der Waals surface area contributed by atoms with Gasteiger partial charge in [0, 0.05) is 6.61 Å². The summed E-state index contributed by atoms with van der Waals surface area (Å²) in [6, 6.07) is 15.9. The van der Waals surface area contributed by atoms with Crippen LogP contribution in [-0.2, 0) is 6.42 Å². The SMILES string of the molecule is CCCCc1ccc(N=Nc2ccc(OCCCCCO)cc2)cc1. The van der Waals surface area contributed by atoms with Crippen LogP contribution in [0.1, 0.15) is 44.6 Å². The van der Waals surface area contributed by atoms with Gasteiger partial charge in [-0.25, -0.2) is 0 Å². The van der Waals surface area contributed by atoms with E-state index in [0.29, 0.717) is 6.61 Å². The van der Waals surface area contributed by atoms with E-state index in [4.69, 9.17) is 9.84 Å². The lowest BCUT2D eigenvalue weighted by Crippen LogP contribution is -1.97. The average Bonchev–Trinajstić information content (AvgIpc) is 2.66. The van der Waals surface area contributed by atoms with Crippen LogP contribution in [-0.4, -0.2) is 18.3 Å². The van der Waals surface area contributed by atoms with Crippen molar-refractivity contribution in [1.82, 2.24) is 0 Å². The van der Waals surface area contributed by atoms with Crippen LogP contribution in [0.4, 0.5) is 11.4 Å². The van der Waals surface area contributed by atoms with Gasteiger partial charge in [0.15, 0.2) is 0 Å². The van der Waals surface area contributed by atoms with Gasteiger partial charge in [0.05, 0.1) is 18.0 Å². The van der Waals surface area contributed by atoms with E-state index in [0.717, 1.165) is 42.8 Å². The van der Waals surface area contributed by atoms with E-state index in [-0.39, 0.29) is 6.61 Å². The van der Waals surface area contributed by atoms with E-state index < -0.39 is 0 Å². The summed E-state index contributed by atoms with van der Waals surface area (Å²) in [6.45, 7) is 3.13. The van der Waals surface area contributed by atoms with Gasteiger partial charge in [-0.3, -0.25) is 0 Å². The Balaban J connectivity index is 1.80. The van der Waals surface area contributed by atoms with Crippen molar-refractivity contribution in [3.8, 4) is 5.75 Å². The molecule has 1 N–H and O–H groups in total. The molecule has 0 saturated heterocycles. The first-order valence-electron chi connectivity index (χ1n) is 9.16. The highest BCUT2D eigenvalue weighted by atomic mass is 16.5. The number of unbranched alkanes of at least 4 members (excludes halogenated alkanes) is 3. The Morgan fingerprint density at radius 2 is 1.44 bits per heavy atom. The standard InChI is InChI=1S/C21H28N2O2/c1-2-3-7-18-8-10-19(11-9-18)22-23-20-12-14-21(15-13-20)25-17-6-4-5-16-24/h8-15,24H,2-7,16-17H2,1H3. The molecule has 2 aromatic rings. The number of aryl methyl sites for hydroxylation is 1. The van der Waals surface area contributed by atoms with Crippen LogP contribution in [0.3, 0.4) is 0 Å². The van der Waals surface area contributed by atoms with Crippen molar-refractivity contribution < 1.29 is 9.84 Å². The molecule has 4 heteroatoms. The number of azo groups is 1. The summed E-state index contributed by atoms with van der Waals surface area (Å²) in [5, 5.41) is 17.3. The maximum atomic E-state index is 8.73. The molecule has 0 heterocycles. The molecule has 0 bridgehead atoms. The fraction of sp³-hybridized carbons (Fsp3) is 0.429. The lowest BCUT2D eigenvalue weighted by atomic mass is 10.1. The van der Waals surface area contributed by atoms with Crippen LogP contribution in [0.15, 0.2) is 58.8 Å². The van der Waals surface area contributed by atoms with Gasteiger partial charge in [0.1, 0.15) is 5.75 Å². The minimum Gasteiger partial charge on any atom is -0.494 e. The first-order valence-corrected chi connectivity index (χ1v) is 9.16. The molecule has 4 nitrogen and oxygen atoms in total. The van der Waals surface area contributed by atoms with Gasteiger partial charge < -0.3 is 9.84 Å². The molecule has 0 unspecified atom stereocenters. The van der Waals surface area contributed by atoms with E-state index in [1.165, 1.54) is 18.4 Å². The van der Waals surface area contributed by atoms with Crippen LogP contribution in [0.5, 0.6) is 5.75 Å². The maximum Gasteiger partial charge on any atom is 0.119 e. The third kappa shape index (κ3) is 7.48. The molecule has 134 valence electrons. The molecule has 0 aliphatic carbocycles. The van der Waals surface area contributed by atoms with Gasteiger partial charge in [0.2, 0.25) is 0 Å². The molecule has 2 aromatic carbocycles. The zero-order chi connectivity index (χ0) is 17.7. The van der Waals surface area contributed by atoms with Gasteiger partial charge in [-0.2, -0.15) is 10.2 Å². The second-order valence-electron chi connectivity index (χ2n) is 6.10. The maximum absolute atomic E-state index is 8.73. The number of nitrogens with zero attached hydrogens (tertiary/aromatic N) is 2. The van der Waals surface area contributed by atoms with Crippen LogP contribution < -0.4 is 4.74 Å². The second-order valence-corrected chi connectivity index (χ2v) is 6.10. The molecule has 2 rings (SSSR count). The second kappa shape index (κ2) is 11.4. The number of hydrogen-bond donors (Lipinski definition) is 1. The van der Waals surface area contributed by atoms with Gasteiger partial charge in [0.25, 0.3) is 0 Å². The molecule has 0 spiro atoms. The first-order chi connectivity index (χ1) is 12.3. The molecule has 0 aromatic heterocycles. The molecule has 0 fully saturated rings. The molecule has 0 amide bonds. The zero-order valence-corrected chi connectivity index (χ0v) is 15.0. The Morgan fingerprint density at radius 3 is 2.04 bits per heavy atom. The average molecular weight is 340 g/mol. The van der Waals surface area contributed by atoms with E-state index in [9.17, 15) is 0 Å². The number of ether oxygens (including phenoxy) is 1. The van der Waals surface area contributed by atoms with E-state index >= 15 is 0 Å². The molecule has 0 radical (unpaired) electrons. The number of aliphatic hydroxyl groups is 1. The third-order valence-electron chi connectivity index (χ3n) is 3.94. The molecular weight excluding hydrogens is 312 g/mol. The van der Waals surface area contributed by atoms with Crippen molar-refractivity contribution in [2.45, 2.75) is 45.4 Å². The van der Waals surface area contributed by atoms with Crippen LogP contribution in [0.2, 0.25) is 0 Å². The van der Waals surface area contributed by atoms with Crippen molar-refractivity contribution >= 4 is 11.4 Å². The number of aliphatic hydroxyl groups excluding tert-OH is 1. The first kappa shape index (κ1) is 19.1. The molecule has 25 heavy (non-hydrogen) atoms. The fourth-order valence-electron chi connectivity index (χ4n) is 2.42. The van der Waals surface area contributed by atoms with Gasteiger partial charge >= 0.3 is 0 Å². The summed E-state index contributed by atoms with van der Waals surface area (Å²) >= 11 is 0. The minimum absolute atomic E-state index is 0.251. The van der Waals surface area contributed by atoms with Crippen LogP contribution in [0, 0.1) is 0 Å². The predicted octanol–water partition coefficient (Wildman–Crippen LogP) is 5.99. The van der Waals surface area contributed by atoms with Crippen molar-refractivity contribution in [2.75, 3.05) is 13.2 Å². The zero-order valence-electron chi connectivity index (χ0n) is 15.0. The van der Waals surface area contributed by atoms with Gasteiger partial charge in [-0.1, -0.05) is 25.5 Å². The highest BCUT2D eigenvalue weighted by Crippen LogP contribution is 2.22. The lowest BCUT2D eigenvalue weighted by Gasteiger charge is -2.05. The van der Waals surface area contributed by atoms with Crippen LogP contribution >= 0.6 is 0 Å². The van der Waals surface area contributed by atoms with Crippen molar-refractivity contribution in [3.63, 3.8) is 0 Å². The normalized spacial score (nSPS) is 11.1. The van der Waals surface area contributed by atoms with Crippen molar-refractivity contribution in [2.24, 2.45) is 10.2 Å². The minimum atomic E-state index is 0.251. The molecular formula is C21H28N2O2. The quantitative estimate of drug-likeness (QED) is 0.404. The van der Waals surface area contributed by atoms with E-state index in [2.05, 4.69) is 29.3 Å². The smallest absolute Gasteiger partial charge is 0.119 e. The summed E-state index contributed by atoms with van der Waals surface area (Å²) in [5.41, 5.74) is 3.02. The molecule has 0 atom stereocenters. The third-order valence-corrected chi connectivity index (χ3v) is 3.94.